The molecule has 1 saturated carbocycles. The summed E-state index contributed by atoms with van der Waals surface area (Å²) in [6.45, 7) is 1.27. The molecule has 0 amide bonds. The monoisotopic (exact) mass is 493 g/mol. The van der Waals surface area contributed by atoms with Gasteiger partial charge in [0.05, 0.1) is 18.0 Å². The minimum Gasteiger partial charge on any atom is -0.368 e. The molecule has 8 heteroatoms. The van der Waals surface area contributed by atoms with Crippen molar-refractivity contribution < 1.29 is 8.78 Å². The van der Waals surface area contributed by atoms with Gasteiger partial charge in [0.1, 0.15) is 0 Å². The minimum absolute atomic E-state index is 0.121. The Kier molecular flexibility index (Phi) is 6.49. The van der Waals surface area contributed by atoms with Crippen LogP contribution in [-0.2, 0) is 12.2 Å². The number of hydrogen-bond acceptors (Lipinski definition) is 6. The molecule has 1 unspecified atom stereocenters. The fourth-order valence-electron chi connectivity index (χ4n) is 4.84. The number of hydrazone groups is 1. The molecule has 182 valence electrons. The highest BCUT2D eigenvalue weighted by atomic mass is 32.2. The quantitative estimate of drug-likeness (QED) is 0.307. The molecule has 1 fully saturated rings. The standard InChI is InChI=1S/C27H29F2N5S/c1-17-12-23(32-26(30)31-17)24-27(2,16-34(33-24)25(28)29)14-20-13-18(8-11-22(20)19-9-10-19)15-35-21-6-4-3-5-7-21/h3-8,11-13,19,25H,9-10,14-16H2,1-2H3,(H2,30,31,32). The number of alkyl halides is 2. The number of nitrogen functional groups attached to an aromatic ring is 1. The summed E-state index contributed by atoms with van der Waals surface area (Å²) in [6, 6.07) is 18.8. The van der Waals surface area contributed by atoms with Crippen LogP contribution in [0.2, 0.25) is 0 Å². The Balaban J connectivity index is 1.47. The number of nitrogens with two attached hydrogens (primary N) is 1. The summed E-state index contributed by atoms with van der Waals surface area (Å²) < 4.78 is 27.5. The number of rotatable bonds is 8. The van der Waals surface area contributed by atoms with Crippen LogP contribution in [-0.4, -0.2) is 33.8 Å². The largest absolute Gasteiger partial charge is 0.368 e. The Morgan fingerprint density at radius 2 is 1.89 bits per heavy atom. The maximum Gasteiger partial charge on any atom is 0.329 e. The Labute approximate surface area is 208 Å². The van der Waals surface area contributed by atoms with E-state index >= 15 is 0 Å². The van der Waals surface area contributed by atoms with E-state index in [9.17, 15) is 8.78 Å². The predicted octanol–water partition coefficient (Wildman–Crippen LogP) is 6.03. The van der Waals surface area contributed by atoms with Gasteiger partial charge in [-0.15, -0.1) is 11.8 Å². The van der Waals surface area contributed by atoms with Gasteiger partial charge in [-0.3, -0.25) is 0 Å². The summed E-state index contributed by atoms with van der Waals surface area (Å²) in [5, 5.41) is 5.20. The molecule has 0 spiro atoms. The lowest BCUT2D eigenvalue weighted by Crippen LogP contribution is -2.35. The third-order valence-corrected chi connectivity index (χ3v) is 7.69. The van der Waals surface area contributed by atoms with E-state index in [0.717, 1.165) is 10.8 Å². The van der Waals surface area contributed by atoms with Crippen LogP contribution in [0.15, 0.2) is 64.6 Å². The molecule has 2 N–H and O–H groups in total. The van der Waals surface area contributed by atoms with Crippen LogP contribution in [0.3, 0.4) is 0 Å². The Hall–Kier alpha value is -3.00. The van der Waals surface area contributed by atoms with Crippen LogP contribution in [0.4, 0.5) is 14.7 Å². The van der Waals surface area contributed by atoms with E-state index in [1.807, 2.05) is 32.0 Å². The van der Waals surface area contributed by atoms with Crippen molar-refractivity contribution in [2.24, 2.45) is 10.5 Å². The molecule has 0 saturated heterocycles. The van der Waals surface area contributed by atoms with Crippen molar-refractivity contribution in [2.75, 3.05) is 12.3 Å². The van der Waals surface area contributed by atoms with E-state index in [0.29, 0.717) is 29.4 Å². The van der Waals surface area contributed by atoms with Crippen LogP contribution < -0.4 is 5.73 Å². The van der Waals surface area contributed by atoms with Crippen molar-refractivity contribution in [1.29, 1.82) is 0 Å². The summed E-state index contributed by atoms with van der Waals surface area (Å²) in [4.78, 5) is 9.72. The first kappa shape index (κ1) is 23.7. The van der Waals surface area contributed by atoms with Gasteiger partial charge in [0, 0.05) is 21.8 Å². The van der Waals surface area contributed by atoms with Crippen molar-refractivity contribution in [3.8, 4) is 0 Å². The molecule has 3 aromatic rings. The zero-order chi connectivity index (χ0) is 24.6. The van der Waals surface area contributed by atoms with Crippen molar-refractivity contribution in [3.63, 3.8) is 0 Å². The number of thioether (sulfide) groups is 1. The number of aromatic nitrogens is 2. The summed E-state index contributed by atoms with van der Waals surface area (Å²) in [7, 11) is 0. The Bertz CT molecular complexity index is 1230. The molecule has 1 atom stereocenters. The van der Waals surface area contributed by atoms with E-state index in [4.69, 9.17) is 5.73 Å². The third kappa shape index (κ3) is 5.32. The van der Waals surface area contributed by atoms with Gasteiger partial charge in [0.2, 0.25) is 5.95 Å². The van der Waals surface area contributed by atoms with Crippen LogP contribution in [0, 0.1) is 12.3 Å². The number of anilines is 1. The molecule has 1 aromatic heterocycles. The molecular weight excluding hydrogens is 464 g/mol. The molecule has 5 nitrogen and oxygen atoms in total. The summed E-state index contributed by atoms with van der Waals surface area (Å²) >= 11 is 1.80. The topological polar surface area (TPSA) is 67.4 Å². The fraction of sp³-hybridized carbons (Fsp3) is 0.370. The zero-order valence-corrected chi connectivity index (χ0v) is 20.7. The van der Waals surface area contributed by atoms with Gasteiger partial charge < -0.3 is 5.73 Å². The average molecular weight is 494 g/mol. The second-order valence-corrected chi connectivity index (χ2v) is 10.8. The van der Waals surface area contributed by atoms with Crippen molar-refractivity contribution >= 4 is 23.4 Å². The maximum absolute atomic E-state index is 13.8. The number of benzene rings is 2. The van der Waals surface area contributed by atoms with Gasteiger partial charge in [-0.05, 0) is 67.0 Å². The van der Waals surface area contributed by atoms with E-state index in [-0.39, 0.29) is 12.5 Å². The van der Waals surface area contributed by atoms with Gasteiger partial charge in [-0.2, -0.15) is 13.9 Å². The number of aryl methyl sites for hydroxylation is 1. The molecular formula is C27H29F2N5S. The number of hydrogen-bond donors (Lipinski definition) is 1. The van der Waals surface area contributed by atoms with E-state index in [2.05, 4.69) is 45.4 Å². The first-order chi connectivity index (χ1) is 16.8. The Morgan fingerprint density at radius 1 is 1.11 bits per heavy atom. The lowest BCUT2D eigenvalue weighted by Gasteiger charge is -2.28. The second-order valence-electron chi connectivity index (χ2n) is 9.72. The summed E-state index contributed by atoms with van der Waals surface area (Å²) in [5.41, 5.74) is 10.8. The van der Waals surface area contributed by atoms with Crippen LogP contribution in [0.1, 0.15) is 53.8 Å². The molecule has 2 aromatic carbocycles. The van der Waals surface area contributed by atoms with E-state index in [1.165, 1.54) is 34.4 Å². The smallest absolute Gasteiger partial charge is 0.329 e. The SMILES string of the molecule is Cc1cc(C2=NN(C(F)F)CC2(C)Cc2cc(CSc3ccccc3)ccc2C2CC2)nc(N)n1. The van der Waals surface area contributed by atoms with Crippen LogP contribution >= 0.6 is 11.8 Å². The molecule has 0 bridgehead atoms. The Morgan fingerprint density at radius 3 is 2.57 bits per heavy atom. The average Bonchev–Trinajstić information content (AvgIpc) is 3.60. The normalized spacial score (nSPS) is 19.9. The highest BCUT2D eigenvalue weighted by Gasteiger charge is 2.43. The summed E-state index contributed by atoms with van der Waals surface area (Å²) in [6.07, 6.45) is 2.95. The third-order valence-electron chi connectivity index (χ3n) is 6.60. The van der Waals surface area contributed by atoms with Crippen molar-refractivity contribution in [2.45, 2.75) is 56.2 Å². The summed E-state index contributed by atoms with van der Waals surface area (Å²) in [5.74, 6) is 1.53. The van der Waals surface area contributed by atoms with Gasteiger partial charge in [-0.1, -0.05) is 43.3 Å². The van der Waals surface area contributed by atoms with Gasteiger partial charge >= 0.3 is 6.55 Å². The van der Waals surface area contributed by atoms with Crippen molar-refractivity contribution in [3.05, 3.63) is 82.7 Å². The van der Waals surface area contributed by atoms with E-state index in [1.54, 1.807) is 17.8 Å². The maximum atomic E-state index is 13.8. The number of nitrogens with zero attached hydrogens (tertiary/aromatic N) is 4. The molecule has 2 aliphatic rings. The van der Waals surface area contributed by atoms with E-state index < -0.39 is 12.0 Å². The van der Waals surface area contributed by atoms with Crippen LogP contribution in [0.5, 0.6) is 0 Å². The molecule has 1 aliphatic heterocycles. The molecule has 5 rings (SSSR count). The van der Waals surface area contributed by atoms with Gasteiger partial charge in [-0.25, -0.2) is 15.0 Å². The van der Waals surface area contributed by atoms with Gasteiger partial charge in [0.25, 0.3) is 0 Å². The predicted molar refractivity (Wildman–Crippen MR) is 137 cm³/mol. The van der Waals surface area contributed by atoms with Crippen LogP contribution in [0.25, 0.3) is 0 Å². The molecule has 1 aliphatic carbocycles. The fourth-order valence-corrected chi connectivity index (χ4v) is 5.70. The second kappa shape index (κ2) is 9.57. The zero-order valence-electron chi connectivity index (χ0n) is 19.9. The highest BCUT2D eigenvalue weighted by Crippen LogP contribution is 2.45. The molecule has 35 heavy (non-hydrogen) atoms. The van der Waals surface area contributed by atoms with Crippen molar-refractivity contribution in [1.82, 2.24) is 15.0 Å². The first-order valence-corrected chi connectivity index (χ1v) is 12.8. The highest BCUT2D eigenvalue weighted by molar-refractivity contribution is 7.98. The van der Waals surface area contributed by atoms with Gasteiger partial charge in [0.15, 0.2) is 0 Å². The number of halogens is 2. The molecule has 2 heterocycles. The lowest BCUT2D eigenvalue weighted by atomic mass is 9.76. The minimum atomic E-state index is -2.68. The molecule has 0 radical (unpaired) electrons. The lowest BCUT2D eigenvalue weighted by molar-refractivity contribution is -0.0280. The first-order valence-electron chi connectivity index (χ1n) is 11.9.